The summed E-state index contributed by atoms with van der Waals surface area (Å²) in [6.45, 7) is 10.2. The van der Waals surface area contributed by atoms with Crippen LogP contribution in [-0.2, 0) is 16.9 Å². The molecule has 0 aliphatic heterocycles. The molecule has 3 rings (SSSR count). The van der Waals surface area contributed by atoms with Gasteiger partial charge in [-0.25, -0.2) is 23.7 Å². The molecule has 178 valence electrons. The van der Waals surface area contributed by atoms with Crippen LogP contribution in [0.25, 0.3) is 11.1 Å². The summed E-state index contributed by atoms with van der Waals surface area (Å²) in [6, 6.07) is 2.11. The van der Waals surface area contributed by atoms with E-state index in [1.54, 1.807) is 41.5 Å². The summed E-state index contributed by atoms with van der Waals surface area (Å²) in [5.41, 5.74) is -0.568. The summed E-state index contributed by atoms with van der Waals surface area (Å²) in [7, 11) is 0. The van der Waals surface area contributed by atoms with Crippen molar-refractivity contribution in [2.75, 3.05) is 0 Å². The molecule has 0 spiro atoms. The third-order valence-electron chi connectivity index (χ3n) is 5.25. The van der Waals surface area contributed by atoms with E-state index >= 15 is 4.39 Å². The van der Waals surface area contributed by atoms with E-state index in [0.717, 1.165) is 6.07 Å². The van der Waals surface area contributed by atoms with Crippen molar-refractivity contribution in [3.05, 3.63) is 65.4 Å². The topological polar surface area (TPSA) is 107 Å². The lowest BCUT2D eigenvalue weighted by Gasteiger charge is -2.36. The summed E-state index contributed by atoms with van der Waals surface area (Å²) in [5.74, 6) is -0.807. The van der Waals surface area contributed by atoms with Gasteiger partial charge in [-0.15, -0.1) is 4.72 Å². The lowest BCUT2D eigenvalue weighted by molar-refractivity contribution is 0.125. The quantitative estimate of drug-likeness (QED) is 0.484. The highest BCUT2D eigenvalue weighted by Gasteiger charge is 2.41. The fourth-order valence-electron chi connectivity index (χ4n) is 3.53. The number of aliphatic hydroxyl groups excluding tert-OH is 1. The summed E-state index contributed by atoms with van der Waals surface area (Å²) < 4.78 is 50.6. The van der Waals surface area contributed by atoms with Gasteiger partial charge in [0, 0.05) is 59.9 Å². The standard InChI is InChI=1S/C23H28F2N4O3S/c1-13-21(28-14(2)32-13)20(30)9-23(6,29-33(31)22(3,4)5)17-7-16(18(24)8-19(17)25)15-10-26-12-27-11-15/h7-8,10-12,20,29-30H,9H2,1-6H3/t20?,23-,33?/m0/s1. The predicted octanol–water partition coefficient (Wildman–Crippen LogP) is 4.42. The zero-order valence-electron chi connectivity index (χ0n) is 19.4. The van der Waals surface area contributed by atoms with E-state index < -0.39 is 39.4 Å². The molecule has 0 bridgehead atoms. The van der Waals surface area contributed by atoms with Crippen molar-refractivity contribution in [1.29, 1.82) is 0 Å². The summed E-state index contributed by atoms with van der Waals surface area (Å²) in [4.78, 5) is 12.0. The summed E-state index contributed by atoms with van der Waals surface area (Å²) in [6.07, 6.45) is 2.88. The fraction of sp³-hybridized carbons (Fsp3) is 0.435. The molecule has 0 amide bonds. The SMILES string of the molecule is Cc1nc(C(O)C[C@](C)(N[S+]([O-])C(C)(C)C)c2cc(-c3cncnc3)c(F)cc2F)c(C)o1. The largest absolute Gasteiger partial charge is 0.598 e. The van der Waals surface area contributed by atoms with Crippen LogP contribution in [0.5, 0.6) is 0 Å². The van der Waals surface area contributed by atoms with Gasteiger partial charge in [-0.3, -0.25) is 0 Å². The minimum Gasteiger partial charge on any atom is -0.598 e. The zero-order valence-corrected chi connectivity index (χ0v) is 20.3. The van der Waals surface area contributed by atoms with Crippen LogP contribution in [0.15, 0.2) is 35.3 Å². The first kappa shape index (κ1) is 25.2. The van der Waals surface area contributed by atoms with Gasteiger partial charge in [-0.2, -0.15) is 0 Å². The molecule has 2 N–H and O–H groups in total. The molecule has 0 aliphatic rings. The number of aliphatic hydroxyl groups is 1. The Morgan fingerprint density at radius 2 is 1.76 bits per heavy atom. The van der Waals surface area contributed by atoms with Crippen molar-refractivity contribution in [1.82, 2.24) is 19.7 Å². The van der Waals surface area contributed by atoms with Gasteiger partial charge >= 0.3 is 0 Å². The molecule has 0 radical (unpaired) electrons. The second-order valence-corrected chi connectivity index (χ2v) is 11.1. The first-order valence-electron chi connectivity index (χ1n) is 10.4. The van der Waals surface area contributed by atoms with Gasteiger partial charge in [0.15, 0.2) is 5.89 Å². The van der Waals surface area contributed by atoms with Crippen molar-refractivity contribution in [3.63, 3.8) is 0 Å². The van der Waals surface area contributed by atoms with Crippen LogP contribution in [0.1, 0.15) is 63.1 Å². The average Bonchev–Trinajstić information content (AvgIpc) is 3.06. The Morgan fingerprint density at radius 1 is 1.12 bits per heavy atom. The number of nitrogens with one attached hydrogen (secondary N) is 1. The van der Waals surface area contributed by atoms with E-state index in [-0.39, 0.29) is 17.5 Å². The zero-order chi connectivity index (χ0) is 24.6. The highest BCUT2D eigenvalue weighted by Crippen LogP contribution is 2.38. The van der Waals surface area contributed by atoms with Crippen LogP contribution in [0, 0.1) is 25.5 Å². The number of benzene rings is 1. The maximum absolute atomic E-state index is 15.2. The number of nitrogens with zero attached hydrogens (tertiary/aromatic N) is 3. The summed E-state index contributed by atoms with van der Waals surface area (Å²) >= 11 is -1.63. The number of aromatic nitrogens is 3. The third kappa shape index (κ3) is 5.57. The second kappa shape index (κ2) is 9.46. The number of rotatable bonds is 7. The van der Waals surface area contributed by atoms with E-state index in [4.69, 9.17) is 4.42 Å². The van der Waals surface area contributed by atoms with Crippen LogP contribution < -0.4 is 4.72 Å². The number of aryl methyl sites for hydroxylation is 2. The lowest BCUT2D eigenvalue weighted by atomic mass is 9.84. The normalized spacial score (nSPS) is 15.8. The van der Waals surface area contributed by atoms with Crippen LogP contribution in [0.3, 0.4) is 0 Å². The minimum absolute atomic E-state index is 0.0391. The van der Waals surface area contributed by atoms with Crippen molar-refractivity contribution in [2.45, 2.75) is 64.4 Å². The molecular weight excluding hydrogens is 450 g/mol. The van der Waals surface area contributed by atoms with E-state index in [1.807, 2.05) is 0 Å². The van der Waals surface area contributed by atoms with E-state index in [1.165, 1.54) is 24.8 Å². The number of oxazole rings is 1. The molecule has 2 aromatic heterocycles. The van der Waals surface area contributed by atoms with E-state index in [2.05, 4.69) is 19.7 Å². The molecular formula is C23H28F2N4O3S. The molecule has 3 aromatic rings. The molecule has 0 fully saturated rings. The van der Waals surface area contributed by atoms with Crippen molar-refractivity contribution in [2.24, 2.45) is 0 Å². The average molecular weight is 479 g/mol. The molecule has 7 nitrogen and oxygen atoms in total. The number of hydrogen-bond donors (Lipinski definition) is 2. The van der Waals surface area contributed by atoms with E-state index in [0.29, 0.717) is 22.9 Å². The van der Waals surface area contributed by atoms with Gasteiger partial charge in [0.1, 0.15) is 40.3 Å². The molecule has 33 heavy (non-hydrogen) atoms. The van der Waals surface area contributed by atoms with Crippen LogP contribution >= 0.6 is 0 Å². The van der Waals surface area contributed by atoms with E-state index in [9.17, 15) is 14.0 Å². The maximum Gasteiger partial charge on any atom is 0.191 e. The van der Waals surface area contributed by atoms with Gasteiger partial charge < -0.3 is 14.1 Å². The molecule has 0 saturated carbocycles. The second-order valence-electron chi connectivity index (χ2n) is 9.15. The predicted molar refractivity (Wildman–Crippen MR) is 121 cm³/mol. The molecule has 2 heterocycles. The Kier molecular flexibility index (Phi) is 7.23. The Morgan fingerprint density at radius 3 is 2.30 bits per heavy atom. The number of halogens is 2. The lowest BCUT2D eigenvalue weighted by Crippen LogP contribution is -2.51. The van der Waals surface area contributed by atoms with Gasteiger partial charge in [-0.05, 0) is 40.7 Å². The maximum atomic E-state index is 15.2. The monoisotopic (exact) mass is 478 g/mol. The molecule has 0 aliphatic carbocycles. The first-order valence-corrected chi connectivity index (χ1v) is 11.5. The Balaban J connectivity index is 2.12. The van der Waals surface area contributed by atoms with Gasteiger partial charge in [0.25, 0.3) is 0 Å². The highest BCUT2D eigenvalue weighted by atomic mass is 32.2. The van der Waals surface area contributed by atoms with Gasteiger partial charge in [-0.1, -0.05) is 0 Å². The summed E-state index contributed by atoms with van der Waals surface area (Å²) in [5, 5.41) is 11.0. The minimum atomic E-state index is -1.63. The molecule has 0 saturated heterocycles. The van der Waals surface area contributed by atoms with Gasteiger partial charge in [0.2, 0.25) is 0 Å². The Hall–Kier alpha value is -2.40. The smallest absolute Gasteiger partial charge is 0.191 e. The molecule has 3 atom stereocenters. The van der Waals surface area contributed by atoms with Crippen molar-refractivity contribution >= 4 is 11.4 Å². The molecule has 1 aromatic carbocycles. The highest BCUT2D eigenvalue weighted by molar-refractivity contribution is 7.90. The van der Waals surface area contributed by atoms with Crippen LogP contribution in [0.4, 0.5) is 8.78 Å². The first-order chi connectivity index (χ1) is 15.3. The molecule has 2 unspecified atom stereocenters. The molecule has 10 heteroatoms. The Bertz CT molecular complexity index is 1120. The van der Waals surface area contributed by atoms with Crippen molar-refractivity contribution < 1.29 is 22.9 Å². The van der Waals surface area contributed by atoms with Crippen LogP contribution in [-0.4, -0.2) is 29.4 Å². The number of hydrogen-bond acceptors (Lipinski definition) is 7. The third-order valence-corrected chi connectivity index (χ3v) is 7.00. The van der Waals surface area contributed by atoms with Crippen molar-refractivity contribution in [3.8, 4) is 11.1 Å². The fourth-order valence-corrected chi connectivity index (χ4v) is 4.44. The Labute approximate surface area is 195 Å². The van der Waals surface area contributed by atoms with Crippen LogP contribution in [0.2, 0.25) is 0 Å². The van der Waals surface area contributed by atoms with Gasteiger partial charge in [0.05, 0.1) is 5.54 Å².